The minimum atomic E-state index is -0.0233. The molecule has 0 bridgehead atoms. The van der Waals surface area contributed by atoms with Crippen LogP contribution in [0.1, 0.15) is 23.2 Å². The Morgan fingerprint density at radius 1 is 1.33 bits per heavy atom. The molecule has 1 heterocycles. The lowest BCUT2D eigenvalue weighted by molar-refractivity contribution is 0.0953. The van der Waals surface area contributed by atoms with Crippen LogP contribution >= 0.6 is 0 Å². The van der Waals surface area contributed by atoms with Gasteiger partial charge in [-0.25, -0.2) is 0 Å². The van der Waals surface area contributed by atoms with Crippen molar-refractivity contribution in [1.82, 2.24) is 10.3 Å². The van der Waals surface area contributed by atoms with Crippen molar-refractivity contribution in [3.63, 3.8) is 0 Å². The number of carbonyl (C=O) groups excluding carboxylic acids is 1. The number of carbonyl (C=O) groups is 1. The summed E-state index contributed by atoms with van der Waals surface area (Å²) >= 11 is 0. The summed E-state index contributed by atoms with van der Waals surface area (Å²) in [4.78, 5) is 15.1. The standard InChI is InChI=1S/C14H18N2O2/c1-18-9-5-4-8-15-14(17)12-10-16-13-7-3-2-6-11(12)13/h2-3,6-7,10,16H,4-5,8-9H2,1H3,(H,15,17). The van der Waals surface area contributed by atoms with Crippen LogP contribution < -0.4 is 5.32 Å². The number of hydrogen-bond donors (Lipinski definition) is 2. The topological polar surface area (TPSA) is 54.1 Å². The van der Waals surface area contributed by atoms with Crippen LogP contribution in [-0.4, -0.2) is 31.2 Å². The van der Waals surface area contributed by atoms with Gasteiger partial charge in [0.15, 0.2) is 0 Å². The molecule has 1 aromatic carbocycles. The van der Waals surface area contributed by atoms with E-state index in [0.717, 1.165) is 30.4 Å². The molecule has 2 N–H and O–H groups in total. The van der Waals surface area contributed by atoms with Gasteiger partial charge in [-0.1, -0.05) is 18.2 Å². The summed E-state index contributed by atoms with van der Waals surface area (Å²) in [6, 6.07) is 7.80. The molecule has 0 aliphatic rings. The summed E-state index contributed by atoms with van der Waals surface area (Å²) in [5.41, 5.74) is 1.69. The molecular formula is C14H18N2O2. The number of para-hydroxylation sites is 1. The first-order valence-corrected chi connectivity index (χ1v) is 6.16. The minimum absolute atomic E-state index is 0.0233. The second kappa shape index (κ2) is 6.21. The van der Waals surface area contributed by atoms with E-state index in [4.69, 9.17) is 4.74 Å². The highest BCUT2D eigenvalue weighted by Crippen LogP contribution is 2.17. The van der Waals surface area contributed by atoms with Crippen molar-refractivity contribution in [2.24, 2.45) is 0 Å². The Hall–Kier alpha value is -1.81. The molecule has 0 radical (unpaired) electrons. The largest absolute Gasteiger partial charge is 0.385 e. The Morgan fingerprint density at radius 2 is 2.17 bits per heavy atom. The van der Waals surface area contributed by atoms with Gasteiger partial charge >= 0.3 is 0 Å². The minimum Gasteiger partial charge on any atom is -0.385 e. The van der Waals surface area contributed by atoms with Crippen LogP contribution in [0.2, 0.25) is 0 Å². The molecule has 2 rings (SSSR count). The number of H-pyrrole nitrogens is 1. The molecule has 1 aromatic heterocycles. The maximum Gasteiger partial charge on any atom is 0.253 e. The number of unbranched alkanes of at least 4 members (excludes halogenated alkanes) is 1. The number of rotatable bonds is 6. The Kier molecular flexibility index (Phi) is 4.36. The number of benzene rings is 1. The normalized spacial score (nSPS) is 10.7. The quantitative estimate of drug-likeness (QED) is 0.768. The zero-order valence-corrected chi connectivity index (χ0v) is 10.5. The van der Waals surface area contributed by atoms with Gasteiger partial charge < -0.3 is 15.0 Å². The average Bonchev–Trinajstić information content (AvgIpc) is 2.82. The van der Waals surface area contributed by atoms with Gasteiger partial charge in [0.2, 0.25) is 0 Å². The monoisotopic (exact) mass is 246 g/mol. The zero-order valence-electron chi connectivity index (χ0n) is 10.5. The van der Waals surface area contributed by atoms with Crippen molar-refractivity contribution in [1.29, 1.82) is 0 Å². The maximum absolute atomic E-state index is 12.0. The van der Waals surface area contributed by atoms with E-state index in [9.17, 15) is 4.79 Å². The van der Waals surface area contributed by atoms with Gasteiger partial charge in [-0.3, -0.25) is 4.79 Å². The predicted octanol–water partition coefficient (Wildman–Crippen LogP) is 2.32. The number of aromatic nitrogens is 1. The Morgan fingerprint density at radius 3 is 3.00 bits per heavy atom. The maximum atomic E-state index is 12.0. The third kappa shape index (κ3) is 2.90. The number of ether oxygens (including phenoxy) is 1. The average molecular weight is 246 g/mol. The molecule has 4 heteroatoms. The molecule has 0 fully saturated rings. The van der Waals surface area contributed by atoms with Gasteiger partial charge in [0, 0.05) is 37.4 Å². The summed E-state index contributed by atoms with van der Waals surface area (Å²) in [5, 5.41) is 3.89. The molecule has 96 valence electrons. The third-order valence-electron chi connectivity index (χ3n) is 2.89. The van der Waals surface area contributed by atoms with Crippen LogP contribution in [-0.2, 0) is 4.74 Å². The van der Waals surface area contributed by atoms with Gasteiger partial charge in [-0.15, -0.1) is 0 Å². The summed E-state index contributed by atoms with van der Waals surface area (Å²) in [5.74, 6) is -0.0233. The number of amides is 1. The van der Waals surface area contributed by atoms with E-state index >= 15 is 0 Å². The Labute approximate surface area is 106 Å². The summed E-state index contributed by atoms with van der Waals surface area (Å²) in [6.07, 6.45) is 3.65. The van der Waals surface area contributed by atoms with E-state index in [-0.39, 0.29) is 5.91 Å². The molecule has 0 saturated carbocycles. The van der Waals surface area contributed by atoms with E-state index in [1.807, 2.05) is 24.3 Å². The SMILES string of the molecule is COCCCCNC(=O)c1c[nH]c2ccccc12. The first kappa shape index (κ1) is 12.6. The highest BCUT2D eigenvalue weighted by atomic mass is 16.5. The van der Waals surface area contributed by atoms with E-state index in [0.29, 0.717) is 12.1 Å². The molecular weight excluding hydrogens is 228 g/mol. The first-order chi connectivity index (χ1) is 8.83. The second-order valence-electron chi connectivity index (χ2n) is 4.20. The van der Waals surface area contributed by atoms with Gasteiger partial charge in [0.05, 0.1) is 5.56 Å². The van der Waals surface area contributed by atoms with E-state index in [1.54, 1.807) is 13.3 Å². The molecule has 0 unspecified atom stereocenters. The van der Waals surface area contributed by atoms with E-state index in [1.165, 1.54) is 0 Å². The number of hydrogen-bond acceptors (Lipinski definition) is 2. The summed E-state index contributed by atoms with van der Waals surface area (Å²) < 4.78 is 4.96. The smallest absolute Gasteiger partial charge is 0.253 e. The van der Waals surface area contributed by atoms with E-state index < -0.39 is 0 Å². The second-order valence-corrected chi connectivity index (χ2v) is 4.20. The molecule has 4 nitrogen and oxygen atoms in total. The Bertz CT molecular complexity index is 519. The van der Waals surface area contributed by atoms with Crippen LogP contribution in [0.25, 0.3) is 10.9 Å². The highest BCUT2D eigenvalue weighted by molar-refractivity contribution is 6.06. The lowest BCUT2D eigenvalue weighted by atomic mass is 10.1. The third-order valence-corrected chi connectivity index (χ3v) is 2.89. The number of fused-ring (bicyclic) bond motifs is 1. The number of methoxy groups -OCH3 is 1. The number of aromatic amines is 1. The van der Waals surface area contributed by atoms with Gasteiger partial charge in [-0.2, -0.15) is 0 Å². The molecule has 0 aliphatic heterocycles. The molecule has 0 aliphatic carbocycles. The van der Waals surface area contributed by atoms with Crippen molar-refractivity contribution in [3.8, 4) is 0 Å². The van der Waals surface area contributed by atoms with Gasteiger partial charge in [0.1, 0.15) is 0 Å². The van der Waals surface area contributed by atoms with Crippen LogP contribution in [0.3, 0.4) is 0 Å². The van der Waals surface area contributed by atoms with Crippen LogP contribution in [0.5, 0.6) is 0 Å². The fourth-order valence-corrected chi connectivity index (χ4v) is 1.93. The van der Waals surface area contributed by atoms with Crippen LogP contribution in [0.15, 0.2) is 30.5 Å². The van der Waals surface area contributed by atoms with Crippen molar-refractivity contribution in [2.45, 2.75) is 12.8 Å². The molecule has 18 heavy (non-hydrogen) atoms. The van der Waals surface area contributed by atoms with Crippen molar-refractivity contribution in [3.05, 3.63) is 36.0 Å². The molecule has 0 saturated heterocycles. The van der Waals surface area contributed by atoms with Crippen molar-refractivity contribution in [2.75, 3.05) is 20.3 Å². The molecule has 2 aromatic rings. The number of nitrogens with one attached hydrogen (secondary N) is 2. The van der Waals surface area contributed by atoms with Gasteiger partial charge in [-0.05, 0) is 18.9 Å². The van der Waals surface area contributed by atoms with Crippen molar-refractivity contribution >= 4 is 16.8 Å². The summed E-state index contributed by atoms with van der Waals surface area (Å²) in [6.45, 7) is 1.42. The van der Waals surface area contributed by atoms with Crippen LogP contribution in [0, 0.1) is 0 Å². The van der Waals surface area contributed by atoms with Gasteiger partial charge in [0.25, 0.3) is 5.91 Å². The fourth-order valence-electron chi connectivity index (χ4n) is 1.93. The fraction of sp³-hybridized carbons (Fsp3) is 0.357. The lowest BCUT2D eigenvalue weighted by Crippen LogP contribution is -2.24. The molecule has 0 atom stereocenters. The van der Waals surface area contributed by atoms with Crippen molar-refractivity contribution < 1.29 is 9.53 Å². The molecule has 1 amide bonds. The van der Waals surface area contributed by atoms with Crippen LogP contribution in [0.4, 0.5) is 0 Å². The zero-order chi connectivity index (χ0) is 12.8. The first-order valence-electron chi connectivity index (χ1n) is 6.16. The Balaban J connectivity index is 1.93. The predicted molar refractivity (Wildman–Crippen MR) is 71.7 cm³/mol. The summed E-state index contributed by atoms with van der Waals surface area (Å²) in [7, 11) is 1.69. The lowest BCUT2D eigenvalue weighted by Gasteiger charge is -2.04. The highest BCUT2D eigenvalue weighted by Gasteiger charge is 2.10. The molecule has 0 spiro atoms. The van der Waals surface area contributed by atoms with E-state index in [2.05, 4.69) is 10.3 Å².